The summed E-state index contributed by atoms with van der Waals surface area (Å²) in [5, 5.41) is 12.8. The number of nitrogens with one attached hydrogen (secondary N) is 1. The molecule has 0 spiro atoms. The largest absolute Gasteiger partial charge is 0.493 e. The van der Waals surface area contributed by atoms with Gasteiger partial charge < -0.3 is 14.8 Å². The SMILES string of the molecule is O=C(O)c1[nH]c2c(-c3ccc(F)cc3)cccc2c1CCCOc1cccc2ccccc12. The van der Waals surface area contributed by atoms with Gasteiger partial charge in [-0.2, -0.15) is 0 Å². The summed E-state index contributed by atoms with van der Waals surface area (Å²) in [6.07, 6.45) is 1.22. The number of aromatic nitrogens is 1. The average Bonchev–Trinajstić information content (AvgIpc) is 3.21. The van der Waals surface area contributed by atoms with Crippen LogP contribution in [0.4, 0.5) is 4.39 Å². The van der Waals surface area contributed by atoms with Crippen molar-refractivity contribution in [3.05, 3.63) is 102 Å². The van der Waals surface area contributed by atoms with E-state index >= 15 is 0 Å². The molecule has 0 aliphatic rings. The first-order chi connectivity index (χ1) is 16.1. The number of halogens is 1. The molecule has 5 aromatic rings. The minimum atomic E-state index is -0.999. The first-order valence-corrected chi connectivity index (χ1v) is 10.8. The Kier molecular flexibility index (Phi) is 5.53. The van der Waals surface area contributed by atoms with Gasteiger partial charge in [0.2, 0.25) is 0 Å². The van der Waals surface area contributed by atoms with E-state index in [2.05, 4.69) is 4.98 Å². The Morgan fingerprint density at radius 1 is 0.879 bits per heavy atom. The summed E-state index contributed by atoms with van der Waals surface area (Å²) in [5.74, 6) is -0.485. The molecule has 0 atom stereocenters. The molecule has 4 nitrogen and oxygen atoms in total. The Hall–Kier alpha value is -4.12. The molecule has 0 aliphatic heterocycles. The van der Waals surface area contributed by atoms with Gasteiger partial charge in [-0.1, -0.05) is 66.7 Å². The first kappa shape index (κ1) is 20.8. The van der Waals surface area contributed by atoms with Gasteiger partial charge in [-0.05, 0) is 47.6 Å². The number of H-pyrrole nitrogens is 1. The number of carboxylic acids is 1. The Morgan fingerprint density at radius 2 is 1.61 bits per heavy atom. The maximum absolute atomic E-state index is 13.4. The predicted molar refractivity (Wildman–Crippen MR) is 128 cm³/mol. The minimum Gasteiger partial charge on any atom is -0.493 e. The summed E-state index contributed by atoms with van der Waals surface area (Å²) < 4.78 is 19.4. The normalized spacial score (nSPS) is 11.2. The van der Waals surface area contributed by atoms with Crippen LogP contribution in [0.5, 0.6) is 5.75 Å². The van der Waals surface area contributed by atoms with Crippen LogP contribution >= 0.6 is 0 Å². The topological polar surface area (TPSA) is 62.3 Å². The van der Waals surface area contributed by atoms with Gasteiger partial charge in [0.15, 0.2) is 0 Å². The molecular weight excluding hydrogens is 417 g/mol. The number of carbonyl (C=O) groups is 1. The van der Waals surface area contributed by atoms with Crippen LogP contribution in [-0.2, 0) is 6.42 Å². The summed E-state index contributed by atoms with van der Waals surface area (Å²) >= 11 is 0. The molecule has 5 rings (SSSR count). The average molecular weight is 439 g/mol. The van der Waals surface area contributed by atoms with Crippen molar-refractivity contribution >= 4 is 27.6 Å². The van der Waals surface area contributed by atoms with E-state index in [9.17, 15) is 14.3 Å². The first-order valence-electron chi connectivity index (χ1n) is 10.8. The Bertz CT molecular complexity index is 1450. The summed E-state index contributed by atoms with van der Waals surface area (Å²) in [6.45, 7) is 0.470. The molecule has 0 unspecified atom stereocenters. The van der Waals surface area contributed by atoms with Crippen LogP contribution in [0.2, 0.25) is 0 Å². The Morgan fingerprint density at radius 3 is 2.42 bits per heavy atom. The van der Waals surface area contributed by atoms with E-state index in [0.29, 0.717) is 19.4 Å². The summed E-state index contributed by atoms with van der Waals surface area (Å²) in [4.78, 5) is 15.1. The quantitative estimate of drug-likeness (QED) is 0.273. The molecule has 0 radical (unpaired) electrons. The van der Waals surface area contributed by atoms with Crippen LogP contribution < -0.4 is 4.74 Å². The molecule has 164 valence electrons. The van der Waals surface area contributed by atoms with Gasteiger partial charge in [-0.3, -0.25) is 0 Å². The standard InChI is InChI=1S/C28H22FNO3/c29-20-15-13-19(14-16-20)22-9-4-10-23-24(27(28(31)32)30-26(22)23)11-5-17-33-25-12-3-7-18-6-1-2-8-21(18)25/h1-4,6-10,12-16,30H,5,11,17H2,(H,31,32). The lowest BCUT2D eigenvalue weighted by Gasteiger charge is -2.09. The Balaban J connectivity index is 1.40. The van der Waals surface area contributed by atoms with E-state index in [-0.39, 0.29) is 11.5 Å². The number of aryl methyl sites for hydroxylation is 1. The molecule has 0 saturated carbocycles. The lowest BCUT2D eigenvalue weighted by atomic mass is 10.00. The van der Waals surface area contributed by atoms with E-state index in [1.165, 1.54) is 12.1 Å². The molecule has 1 heterocycles. The van der Waals surface area contributed by atoms with Gasteiger partial charge in [0.1, 0.15) is 17.3 Å². The zero-order valence-electron chi connectivity index (χ0n) is 17.8. The highest BCUT2D eigenvalue weighted by molar-refractivity contribution is 6.03. The van der Waals surface area contributed by atoms with Crippen molar-refractivity contribution < 1.29 is 19.0 Å². The van der Waals surface area contributed by atoms with Crippen LogP contribution in [0, 0.1) is 5.82 Å². The summed E-state index contributed by atoms with van der Waals surface area (Å²) in [6, 6.07) is 26.0. The number of rotatable bonds is 7. The number of benzene rings is 4. The fourth-order valence-corrected chi connectivity index (χ4v) is 4.34. The number of ether oxygens (including phenoxy) is 1. The van der Waals surface area contributed by atoms with Crippen molar-refractivity contribution in [3.63, 3.8) is 0 Å². The highest BCUT2D eigenvalue weighted by atomic mass is 19.1. The van der Waals surface area contributed by atoms with Crippen LogP contribution in [0.1, 0.15) is 22.5 Å². The number of aromatic amines is 1. The molecule has 0 saturated heterocycles. The fourth-order valence-electron chi connectivity index (χ4n) is 4.34. The van der Waals surface area contributed by atoms with E-state index in [0.717, 1.165) is 44.1 Å². The number of carboxylic acid groups (broad SMARTS) is 1. The number of para-hydroxylation sites is 1. The lowest BCUT2D eigenvalue weighted by molar-refractivity contribution is 0.0690. The van der Waals surface area contributed by atoms with Gasteiger partial charge in [0.05, 0.1) is 12.1 Å². The van der Waals surface area contributed by atoms with E-state index in [1.54, 1.807) is 12.1 Å². The maximum Gasteiger partial charge on any atom is 0.352 e. The zero-order chi connectivity index (χ0) is 22.8. The molecule has 0 aliphatic carbocycles. The van der Waals surface area contributed by atoms with Crippen LogP contribution in [-0.4, -0.2) is 22.7 Å². The van der Waals surface area contributed by atoms with Crippen LogP contribution in [0.25, 0.3) is 32.8 Å². The third-order valence-corrected chi connectivity index (χ3v) is 5.89. The van der Waals surface area contributed by atoms with Crippen molar-refractivity contribution in [1.29, 1.82) is 0 Å². The second kappa shape index (κ2) is 8.79. The van der Waals surface area contributed by atoms with Crippen LogP contribution in [0.3, 0.4) is 0 Å². The lowest BCUT2D eigenvalue weighted by Crippen LogP contribution is -2.04. The van der Waals surface area contributed by atoms with Crippen molar-refractivity contribution in [2.45, 2.75) is 12.8 Å². The molecule has 2 N–H and O–H groups in total. The fraction of sp³-hybridized carbons (Fsp3) is 0.107. The molecule has 0 amide bonds. The summed E-state index contributed by atoms with van der Waals surface area (Å²) in [5.41, 5.74) is 3.35. The molecule has 0 bridgehead atoms. The molecule has 0 fully saturated rings. The van der Waals surface area contributed by atoms with Crippen molar-refractivity contribution in [2.75, 3.05) is 6.61 Å². The number of aromatic carboxylic acids is 1. The predicted octanol–water partition coefficient (Wildman–Crippen LogP) is 6.84. The summed E-state index contributed by atoms with van der Waals surface area (Å²) in [7, 11) is 0. The minimum absolute atomic E-state index is 0.185. The van der Waals surface area contributed by atoms with E-state index in [4.69, 9.17) is 4.74 Å². The van der Waals surface area contributed by atoms with E-state index in [1.807, 2.05) is 60.7 Å². The second-order valence-corrected chi connectivity index (χ2v) is 7.95. The van der Waals surface area contributed by atoms with Gasteiger partial charge >= 0.3 is 5.97 Å². The van der Waals surface area contributed by atoms with Gasteiger partial charge in [-0.15, -0.1) is 0 Å². The second-order valence-electron chi connectivity index (χ2n) is 7.95. The molecular formula is C28H22FNO3. The number of hydrogen-bond acceptors (Lipinski definition) is 2. The third kappa shape index (κ3) is 4.05. The van der Waals surface area contributed by atoms with Gasteiger partial charge in [0.25, 0.3) is 0 Å². The van der Waals surface area contributed by atoms with Crippen molar-refractivity contribution in [1.82, 2.24) is 4.98 Å². The molecule has 5 heteroatoms. The van der Waals surface area contributed by atoms with Crippen molar-refractivity contribution in [2.24, 2.45) is 0 Å². The molecule has 1 aromatic heterocycles. The number of hydrogen-bond donors (Lipinski definition) is 2. The van der Waals surface area contributed by atoms with E-state index < -0.39 is 5.97 Å². The molecule has 33 heavy (non-hydrogen) atoms. The maximum atomic E-state index is 13.4. The Labute approximate surface area is 190 Å². The zero-order valence-corrected chi connectivity index (χ0v) is 17.8. The van der Waals surface area contributed by atoms with Crippen molar-refractivity contribution in [3.8, 4) is 16.9 Å². The molecule has 4 aromatic carbocycles. The van der Waals surface area contributed by atoms with Gasteiger partial charge in [-0.25, -0.2) is 9.18 Å². The monoisotopic (exact) mass is 439 g/mol. The third-order valence-electron chi connectivity index (χ3n) is 5.89. The van der Waals surface area contributed by atoms with Crippen LogP contribution in [0.15, 0.2) is 84.9 Å². The smallest absolute Gasteiger partial charge is 0.352 e. The highest BCUT2D eigenvalue weighted by Gasteiger charge is 2.19. The van der Waals surface area contributed by atoms with Gasteiger partial charge in [0, 0.05) is 16.3 Å². The number of fused-ring (bicyclic) bond motifs is 2. The highest BCUT2D eigenvalue weighted by Crippen LogP contribution is 2.33.